The molecule has 2 heterocycles. The summed E-state index contributed by atoms with van der Waals surface area (Å²) in [5, 5.41) is 16.4. The fourth-order valence-corrected chi connectivity index (χ4v) is 3.16. The maximum atomic E-state index is 12.7. The van der Waals surface area contributed by atoms with Crippen LogP contribution in [0.4, 0.5) is 5.69 Å². The van der Waals surface area contributed by atoms with Crippen molar-refractivity contribution in [1.82, 2.24) is 10.1 Å². The number of rotatable bonds is 7. The van der Waals surface area contributed by atoms with E-state index in [0.29, 0.717) is 36.4 Å². The van der Waals surface area contributed by atoms with Crippen molar-refractivity contribution in [3.63, 3.8) is 0 Å². The van der Waals surface area contributed by atoms with Gasteiger partial charge in [0.05, 0.1) is 29.1 Å². The number of nitriles is 1. The number of amides is 1. The summed E-state index contributed by atoms with van der Waals surface area (Å²) in [5.74, 6) is 0.458. The van der Waals surface area contributed by atoms with Crippen LogP contribution in [0, 0.1) is 11.3 Å². The topological polar surface area (TPSA) is 101 Å². The summed E-state index contributed by atoms with van der Waals surface area (Å²) in [4.78, 5) is 16.9. The number of hydrogen-bond donors (Lipinski definition) is 1. The highest BCUT2D eigenvalue weighted by molar-refractivity contribution is 6.05. The summed E-state index contributed by atoms with van der Waals surface area (Å²) in [7, 11) is 0. The molecule has 4 rings (SSSR count). The number of pyridine rings is 1. The molecule has 1 N–H and O–H groups in total. The lowest BCUT2D eigenvalue weighted by atomic mass is 10.1. The van der Waals surface area contributed by atoms with Crippen molar-refractivity contribution in [3.05, 3.63) is 83.2 Å². The zero-order valence-electron chi connectivity index (χ0n) is 17.0. The monoisotopic (exact) mass is 412 g/mol. The lowest BCUT2D eigenvalue weighted by molar-refractivity contribution is 0.102. The molecular weight excluding hydrogens is 392 g/mol. The standard InChI is InChI=1S/C24H20N4O3/c1-2-22-21-13-18(14-26-24(21)31-28-22)23(29)27-19-5-3-4-17(12-19)15-30-20-8-6-16(7-9-20)10-11-25/h3-9,12-14H,2,10,15H2,1H3,(H,27,29). The van der Waals surface area contributed by atoms with Crippen molar-refractivity contribution < 1.29 is 14.1 Å². The Morgan fingerprint density at radius 1 is 1.16 bits per heavy atom. The van der Waals surface area contributed by atoms with Gasteiger partial charge in [0.2, 0.25) is 0 Å². The van der Waals surface area contributed by atoms with Crippen molar-refractivity contribution in [2.75, 3.05) is 5.32 Å². The fourth-order valence-electron chi connectivity index (χ4n) is 3.16. The highest BCUT2D eigenvalue weighted by Gasteiger charge is 2.13. The molecule has 0 fully saturated rings. The van der Waals surface area contributed by atoms with Crippen molar-refractivity contribution in [3.8, 4) is 11.8 Å². The summed E-state index contributed by atoms with van der Waals surface area (Å²) < 4.78 is 11.0. The SMILES string of the molecule is CCc1noc2ncc(C(=O)Nc3cccc(COc4ccc(CC#N)cc4)c3)cc12. The van der Waals surface area contributed by atoms with Crippen LogP contribution in [0.25, 0.3) is 11.1 Å². The third-order valence-electron chi connectivity index (χ3n) is 4.80. The second-order valence-corrected chi connectivity index (χ2v) is 6.98. The molecule has 1 amide bonds. The normalized spacial score (nSPS) is 10.6. The second kappa shape index (κ2) is 9.09. The van der Waals surface area contributed by atoms with Gasteiger partial charge < -0.3 is 14.6 Å². The first-order valence-corrected chi connectivity index (χ1v) is 9.89. The molecule has 7 nitrogen and oxygen atoms in total. The average molecular weight is 412 g/mol. The van der Waals surface area contributed by atoms with E-state index in [1.54, 1.807) is 6.07 Å². The van der Waals surface area contributed by atoms with Crippen molar-refractivity contribution in [2.24, 2.45) is 0 Å². The predicted octanol–water partition coefficient (Wildman–Crippen LogP) is 4.68. The van der Waals surface area contributed by atoms with Gasteiger partial charge in [-0.25, -0.2) is 4.98 Å². The van der Waals surface area contributed by atoms with E-state index in [1.807, 2.05) is 55.5 Å². The lowest BCUT2D eigenvalue weighted by Gasteiger charge is -2.09. The third kappa shape index (κ3) is 4.70. The maximum absolute atomic E-state index is 12.7. The van der Waals surface area contributed by atoms with Gasteiger partial charge in [0.25, 0.3) is 11.6 Å². The van der Waals surface area contributed by atoms with Gasteiger partial charge in [-0.3, -0.25) is 4.79 Å². The van der Waals surface area contributed by atoms with Gasteiger partial charge in [-0.05, 0) is 47.9 Å². The van der Waals surface area contributed by atoms with Crippen LogP contribution in [0.1, 0.15) is 34.1 Å². The molecule has 7 heteroatoms. The molecule has 4 aromatic rings. The molecule has 0 aliphatic carbocycles. The third-order valence-corrected chi connectivity index (χ3v) is 4.80. The molecule has 0 bridgehead atoms. The smallest absolute Gasteiger partial charge is 0.257 e. The number of aromatic nitrogens is 2. The first-order chi connectivity index (χ1) is 15.2. The summed E-state index contributed by atoms with van der Waals surface area (Å²) in [5.41, 5.74) is 4.16. The molecular formula is C24H20N4O3. The van der Waals surface area contributed by atoms with E-state index in [2.05, 4.69) is 21.5 Å². The molecule has 2 aromatic heterocycles. The fraction of sp³-hybridized carbons (Fsp3) is 0.167. The number of anilines is 1. The van der Waals surface area contributed by atoms with Gasteiger partial charge >= 0.3 is 0 Å². The van der Waals surface area contributed by atoms with Gasteiger partial charge in [0.15, 0.2) is 0 Å². The van der Waals surface area contributed by atoms with Crippen molar-refractivity contribution >= 4 is 22.7 Å². The van der Waals surface area contributed by atoms with Crippen LogP contribution in [0.5, 0.6) is 5.75 Å². The molecule has 0 atom stereocenters. The minimum atomic E-state index is -0.260. The Morgan fingerprint density at radius 2 is 2.00 bits per heavy atom. The molecule has 0 aliphatic heterocycles. The van der Waals surface area contributed by atoms with E-state index in [0.717, 1.165) is 28.0 Å². The molecule has 31 heavy (non-hydrogen) atoms. The Morgan fingerprint density at radius 3 is 2.77 bits per heavy atom. The largest absolute Gasteiger partial charge is 0.489 e. The number of hydrogen-bond acceptors (Lipinski definition) is 6. The zero-order chi connectivity index (χ0) is 21.6. The number of carbonyl (C=O) groups excluding carboxylic acids is 1. The Bertz CT molecular complexity index is 1260. The van der Waals surface area contributed by atoms with Crippen LogP contribution in [0.3, 0.4) is 0 Å². The van der Waals surface area contributed by atoms with Crippen LogP contribution in [-0.4, -0.2) is 16.0 Å². The lowest BCUT2D eigenvalue weighted by Crippen LogP contribution is -2.12. The van der Waals surface area contributed by atoms with Gasteiger partial charge in [-0.1, -0.05) is 36.3 Å². The quantitative estimate of drug-likeness (QED) is 0.473. The van der Waals surface area contributed by atoms with Gasteiger partial charge in [0.1, 0.15) is 12.4 Å². The number of aryl methyl sites for hydroxylation is 1. The molecule has 0 spiro atoms. The summed E-state index contributed by atoms with van der Waals surface area (Å²) >= 11 is 0. The van der Waals surface area contributed by atoms with Crippen LogP contribution in [0.2, 0.25) is 0 Å². The van der Waals surface area contributed by atoms with Gasteiger partial charge in [-0.15, -0.1) is 0 Å². The second-order valence-electron chi connectivity index (χ2n) is 6.98. The highest BCUT2D eigenvalue weighted by atomic mass is 16.5. The summed E-state index contributed by atoms with van der Waals surface area (Å²) in [6, 6.07) is 18.8. The van der Waals surface area contributed by atoms with Crippen molar-refractivity contribution in [1.29, 1.82) is 5.26 Å². The molecule has 0 unspecified atom stereocenters. The molecule has 0 aliphatic rings. The highest BCUT2D eigenvalue weighted by Crippen LogP contribution is 2.20. The number of carbonyl (C=O) groups is 1. The number of ether oxygens (including phenoxy) is 1. The number of fused-ring (bicyclic) bond motifs is 1. The van der Waals surface area contributed by atoms with E-state index >= 15 is 0 Å². The van der Waals surface area contributed by atoms with Crippen LogP contribution in [0.15, 0.2) is 65.3 Å². The minimum Gasteiger partial charge on any atom is -0.489 e. The predicted molar refractivity (Wildman–Crippen MR) is 116 cm³/mol. The molecule has 2 aromatic carbocycles. The first-order valence-electron chi connectivity index (χ1n) is 9.89. The van der Waals surface area contributed by atoms with E-state index in [1.165, 1.54) is 6.20 Å². The molecule has 154 valence electrons. The molecule has 0 radical (unpaired) electrons. The Kier molecular flexibility index (Phi) is 5.90. The van der Waals surface area contributed by atoms with E-state index in [-0.39, 0.29) is 5.91 Å². The number of nitrogens with zero attached hydrogens (tertiary/aromatic N) is 3. The van der Waals surface area contributed by atoms with Gasteiger partial charge in [-0.2, -0.15) is 5.26 Å². The molecule has 0 saturated carbocycles. The Hall–Kier alpha value is -4.18. The Balaban J connectivity index is 1.42. The average Bonchev–Trinajstić information content (AvgIpc) is 3.21. The van der Waals surface area contributed by atoms with E-state index in [4.69, 9.17) is 14.5 Å². The number of nitrogens with one attached hydrogen (secondary N) is 1. The summed E-state index contributed by atoms with van der Waals surface area (Å²) in [6.45, 7) is 2.33. The van der Waals surface area contributed by atoms with Crippen LogP contribution < -0.4 is 10.1 Å². The van der Waals surface area contributed by atoms with E-state index in [9.17, 15) is 4.79 Å². The minimum absolute atomic E-state index is 0.260. The van der Waals surface area contributed by atoms with Crippen LogP contribution >= 0.6 is 0 Å². The summed E-state index contributed by atoms with van der Waals surface area (Å²) in [6.07, 6.45) is 2.55. The zero-order valence-corrected chi connectivity index (χ0v) is 17.0. The Labute approximate surface area is 179 Å². The number of benzene rings is 2. The van der Waals surface area contributed by atoms with Crippen LogP contribution in [-0.2, 0) is 19.4 Å². The molecule has 0 saturated heterocycles. The van der Waals surface area contributed by atoms with Crippen molar-refractivity contribution in [2.45, 2.75) is 26.4 Å². The maximum Gasteiger partial charge on any atom is 0.257 e. The first kappa shape index (κ1) is 20.1. The van der Waals surface area contributed by atoms with Gasteiger partial charge in [0, 0.05) is 11.9 Å². The van der Waals surface area contributed by atoms with E-state index < -0.39 is 0 Å².